The van der Waals surface area contributed by atoms with Gasteiger partial charge in [-0.2, -0.15) is 8.42 Å². The Kier molecular flexibility index (Phi) is 3.42. The van der Waals surface area contributed by atoms with Crippen LogP contribution >= 0.6 is 0 Å². The van der Waals surface area contributed by atoms with Gasteiger partial charge in [-0.15, -0.1) is 0 Å². The number of allylic oxidation sites excluding steroid dienone is 3. The zero-order chi connectivity index (χ0) is 12.3. The van der Waals surface area contributed by atoms with Crippen LogP contribution in [0.25, 0.3) is 0 Å². The minimum atomic E-state index is -3.45. The largest absolute Gasteiger partial charge is 0.466 e. The molecule has 1 aliphatic carbocycles. The maximum Gasteiger partial charge on any atom is 0.309 e. The molecule has 17 heavy (non-hydrogen) atoms. The SMILES string of the molecule is C=COCOC1=C2OS(=O)(=O)CCC2CC=C1. The Morgan fingerprint density at radius 2 is 2.41 bits per heavy atom. The van der Waals surface area contributed by atoms with E-state index in [0.29, 0.717) is 17.9 Å². The Hall–Kier alpha value is -1.43. The van der Waals surface area contributed by atoms with E-state index in [4.69, 9.17) is 13.7 Å². The van der Waals surface area contributed by atoms with E-state index >= 15 is 0 Å². The number of hydrogen-bond donors (Lipinski definition) is 0. The van der Waals surface area contributed by atoms with Crippen LogP contribution in [0.15, 0.2) is 36.5 Å². The molecule has 1 fully saturated rings. The average Bonchev–Trinajstić information content (AvgIpc) is 2.29. The van der Waals surface area contributed by atoms with Crippen LogP contribution < -0.4 is 0 Å². The third-order valence-corrected chi connectivity index (χ3v) is 3.81. The van der Waals surface area contributed by atoms with Crippen molar-refractivity contribution in [2.45, 2.75) is 12.8 Å². The van der Waals surface area contributed by atoms with Gasteiger partial charge in [-0.25, -0.2) is 0 Å². The summed E-state index contributed by atoms with van der Waals surface area (Å²) < 4.78 is 37.9. The smallest absolute Gasteiger partial charge is 0.309 e. The van der Waals surface area contributed by atoms with Crippen molar-refractivity contribution < 1.29 is 22.1 Å². The van der Waals surface area contributed by atoms with E-state index in [1.165, 1.54) is 6.26 Å². The molecule has 0 radical (unpaired) electrons. The highest BCUT2D eigenvalue weighted by atomic mass is 32.2. The fraction of sp³-hybridized carbons (Fsp3) is 0.455. The van der Waals surface area contributed by atoms with Gasteiger partial charge in [0.2, 0.25) is 6.79 Å². The number of rotatable bonds is 4. The van der Waals surface area contributed by atoms with E-state index in [0.717, 1.165) is 6.42 Å². The lowest BCUT2D eigenvalue weighted by Gasteiger charge is -2.28. The highest BCUT2D eigenvalue weighted by Crippen LogP contribution is 2.35. The van der Waals surface area contributed by atoms with Gasteiger partial charge in [0, 0.05) is 5.92 Å². The quantitative estimate of drug-likeness (QED) is 0.332. The normalized spacial score (nSPS) is 25.8. The van der Waals surface area contributed by atoms with Crippen molar-refractivity contribution in [2.24, 2.45) is 5.92 Å². The van der Waals surface area contributed by atoms with Gasteiger partial charge in [-0.3, -0.25) is 0 Å². The summed E-state index contributed by atoms with van der Waals surface area (Å²) >= 11 is 0. The zero-order valence-corrected chi connectivity index (χ0v) is 10.1. The molecule has 94 valence electrons. The van der Waals surface area contributed by atoms with Crippen molar-refractivity contribution in [2.75, 3.05) is 12.5 Å². The van der Waals surface area contributed by atoms with E-state index in [-0.39, 0.29) is 18.5 Å². The predicted molar refractivity (Wildman–Crippen MR) is 61.0 cm³/mol. The van der Waals surface area contributed by atoms with Gasteiger partial charge in [0.05, 0.1) is 12.0 Å². The van der Waals surface area contributed by atoms with E-state index < -0.39 is 10.1 Å². The van der Waals surface area contributed by atoms with Crippen LogP contribution in [-0.4, -0.2) is 21.0 Å². The summed E-state index contributed by atoms with van der Waals surface area (Å²) in [6.45, 7) is 3.37. The number of ether oxygens (including phenoxy) is 2. The summed E-state index contributed by atoms with van der Waals surface area (Å²) in [4.78, 5) is 0. The third kappa shape index (κ3) is 2.82. The van der Waals surface area contributed by atoms with Crippen LogP contribution in [0.1, 0.15) is 12.8 Å². The Balaban J connectivity index is 2.17. The van der Waals surface area contributed by atoms with Crippen molar-refractivity contribution in [3.05, 3.63) is 36.5 Å². The van der Waals surface area contributed by atoms with Crippen molar-refractivity contribution >= 4 is 10.1 Å². The summed E-state index contributed by atoms with van der Waals surface area (Å²) in [5.41, 5.74) is 0. The van der Waals surface area contributed by atoms with Crippen LogP contribution in [0.4, 0.5) is 0 Å². The second kappa shape index (κ2) is 4.83. The minimum absolute atomic E-state index is 0.0111. The lowest BCUT2D eigenvalue weighted by molar-refractivity contribution is 0.0270. The maximum atomic E-state index is 11.4. The molecule has 0 N–H and O–H groups in total. The Labute approximate surface area is 100 Å². The first-order chi connectivity index (χ1) is 8.12. The molecule has 0 amide bonds. The molecule has 0 saturated carbocycles. The molecule has 1 saturated heterocycles. The highest BCUT2D eigenvalue weighted by molar-refractivity contribution is 7.86. The monoisotopic (exact) mass is 258 g/mol. The summed E-state index contributed by atoms with van der Waals surface area (Å²) in [5.74, 6) is 0.964. The van der Waals surface area contributed by atoms with E-state index in [9.17, 15) is 8.42 Å². The molecule has 1 aliphatic heterocycles. The van der Waals surface area contributed by atoms with Gasteiger partial charge in [0.25, 0.3) is 0 Å². The lowest BCUT2D eigenvalue weighted by atomic mass is 9.95. The summed E-state index contributed by atoms with van der Waals surface area (Å²) in [6.07, 6.45) is 6.25. The molecule has 1 heterocycles. The molecule has 2 aliphatic rings. The predicted octanol–water partition coefficient (Wildman–Crippen LogP) is 1.66. The Morgan fingerprint density at radius 1 is 1.59 bits per heavy atom. The van der Waals surface area contributed by atoms with E-state index in [2.05, 4.69) is 6.58 Å². The van der Waals surface area contributed by atoms with Gasteiger partial charge in [-0.05, 0) is 18.9 Å². The molecule has 0 aromatic carbocycles. The van der Waals surface area contributed by atoms with Gasteiger partial charge in [0.1, 0.15) is 0 Å². The standard InChI is InChI=1S/C11H14O5S/c1-2-14-8-15-10-5-3-4-9-6-7-17(12,13)16-11(9)10/h2-3,5,9H,1,4,6-8H2. The molecule has 0 bridgehead atoms. The topological polar surface area (TPSA) is 61.8 Å². The second-order valence-electron chi connectivity index (χ2n) is 3.79. The van der Waals surface area contributed by atoms with Gasteiger partial charge in [0.15, 0.2) is 11.5 Å². The maximum absolute atomic E-state index is 11.4. The highest BCUT2D eigenvalue weighted by Gasteiger charge is 2.33. The van der Waals surface area contributed by atoms with Gasteiger partial charge >= 0.3 is 10.1 Å². The van der Waals surface area contributed by atoms with Crippen LogP contribution in [0.2, 0.25) is 0 Å². The van der Waals surface area contributed by atoms with Crippen molar-refractivity contribution in [1.29, 1.82) is 0 Å². The van der Waals surface area contributed by atoms with E-state index in [1.54, 1.807) is 6.08 Å². The lowest BCUT2D eigenvalue weighted by Crippen LogP contribution is -2.26. The number of hydrogen-bond acceptors (Lipinski definition) is 5. The van der Waals surface area contributed by atoms with Crippen molar-refractivity contribution in [3.63, 3.8) is 0 Å². The zero-order valence-electron chi connectivity index (χ0n) is 9.29. The first-order valence-electron chi connectivity index (χ1n) is 5.30. The molecule has 0 spiro atoms. The molecule has 0 aromatic heterocycles. The summed E-state index contributed by atoms with van der Waals surface area (Å²) in [6, 6.07) is 0. The fourth-order valence-electron chi connectivity index (χ4n) is 1.82. The Bertz CT molecular complexity index is 460. The molecule has 6 heteroatoms. The van der Waals surface area contributed by atoms with E-state index in [1.807, 2.05) is 6.08 Å². The molecular weight excluding hydrogens is 244 g/mol. The summed E-state index contributed by atoms with van der Waals surface area (Å²) in [7, 11) is -3.45. The molecule has 5 nitrogen and oxygen atoms in total. The molecular formula is C11H14O5S. The van der Waals surface area contributed by atoms with Crippen LogP contribution in [0, 0.1) is 5.92 Å². The minimum Gasteiger partial charge on any atom is -0.466 e. The first-order valence-corrected chi connectivity index (χ1v) is 6.88. The average molecular weight is 258 g/mol. The number of fused-ring (bicyclic) bond motifs is 1. The first kappa shape index (κ1) is 12.0. The summed E-state index contributed by atoms with van der Waals surface area (Å²) in [5, 5.41) is 0. The van der Waals surface area contributed by atoms with Gasteiger partial charge < -0.3 is 13.7 Å². The molecule has 0 aromatic rings. The second-order valence-corrected chi connectivity index (χ2v) is 5.48. The van der Waals surface area contributed by atoms with Crippen LogP contribution in [-0.2, 0) is 23.8 Å². The Morgan fingerprint density at radius 3 is 3.18 bits per heavy atom. The van der Waals surface area contributed by atoms with Crippen LogP contribution in [0.3, 0.4) is 0 Å². The molecule has 1 unspecified atom stereocenters. The molecule has 1 atom stereocenters. The van der Waals surface area contributed by atoms with Gasteiger partial charge in [-0.1, -0.05) is 12.7 Å². The molecule has 2 rings (SSSR count). The third-order valence-electron chi connectivity index (χ3n) is 2.64. The van der Waals surface area contributed by atoms with Crippen molar-refractivity contribution in [1.82, 2.24) is 0 Å². The van der Waals surface area contributed by atoms with Crippen molar-refractivity contribution in [3.8, 4) is 0 Å². The van der Waals surface area contributed by atoms with Crippen LogP contribution in [0.5, 0.6) is 0 Å². The fourth-order valence-corrected chi connectivity index (χ4v) is 2.97.